The highest BCUT2D eigenvalue weighted by Gasteiger charge is 2.23. The third-order valence-electron chi connectivity index (χ3n) is 7.37. The van der Waals surface area contributed by atoms with Gasteiger partial charge in [-0.1, -0.05) is 78.3 Å². The highest BCUT2D eigenvalue weighted by molar-refractivity contribution is 8.00. The van der Waals surface area contributed by atoms with Crippen LogP contribution in [0, 0.1) is 6.92 Å². The monoisotopic (exact) mass is 691 g/mol. The van der Waals surface area contributed by atoms with Gasteiger partial charge in [0.15, 0.2) is 11.5 Å². The Kier molecular flexibility index (Phi) is 11.8. The minimum Gasteiger partial charge on any atom is -0.493 e. The van der Waals surface area contributed by atoms with Crippen LogP contribution in [-0.4, -0.2) is 31.9 Å². The number of benzene rings is 5. The van der Waals surface area contributed by atoms with Crippen LogP contribution in [0.3, 0.4) is 0 Å². The molecule has 0 aliphatic carbocycles. The van der Waals surface area contributed by atoms with Crippen LogP contribution in [0.15, 0.2) is 132 Å². The lowest BCUT2D eigenvalue weighted by atomic mass is 10.1. The van der Waals surface area contributed by atoms with E-state index < -0.39 is 17.1 Å². The summed E-state index contributed by atoms with van der Waals surface area (Å²) in [6.45, 7) is 1.90. The Morgan fingerprint density at radius 3 is 2.12 bits per heavy atom. The van der Waals surface area contributed by atoms with E-state index in [4.69, 9.17) is 21.1 Å². The molecular weight excluding hydrogens is 658 g/mol. The van der Waals surface area contributed by atoms with E-state index in [-0.39, 0.29) is 11.6 Å². The van der Waals surface area contributed by atoms with Gasteiger partial charge in [-0.05, 0) is 84.3 Å². The second kappa shape index (κ2) is 16.5. The van der Waals surface area contributed by atoms with Crippen molar-refractivity contribution in [2.75, 3.05) is 24.9 Å². The molecule has 5 aromatic carbocycles. The van der Waals surface area contributed by atoms with Gasteiger partial charge in [-0.25, -0.2) is 0 Å². The van der Waals surface area contributed by atoms with Gasteiger partial charge in [-0.15, -0.1) is 11.8 Å². The Labute approximate surface area is 294 Å². The number of methoxy groups -OCH3 is 2. The number of hydrogen-bond donors (Lipinski definition) is 3. The molecule has 0 radical (unpaired) electrons. The molecule has 0 fully saturated rings. The normalized spacial score (nSPS) is 11.6. The SMILES string of the molecule is COc1ccc(/C=C(/NC(=O)c2ccccc2)C(=O)Nc2cccc(SC(C(=O)Nc3ccc(C)c(Cl)c3)c3ccccc3)c2)cc1OC. The van der Waals surface area contributed by atoms with Crippen molar-refractivity contribution < 1.29 is 23.9 Å². The quantitative estimate of drug-likeness (QED) is 0.0895. The fraction of sp³-hybridized carbons (Fsp3) is 0.103. The Hall–Kier alpha value is -5.51. The number of rotatable bonds is 12. The zero-order valence-electron chi connectivity index (χ0n) is 27.0. The Bertz CT molecular complexity index is 1990. The lowest BCUT2D eigenvalue weighted by Gasteiger charge is -2.18. The number of halogens is 1. The van der Waals surface area contributed by atoms with Crippen molar-refractivity contribution in [3.8, 4) is 11.5 Å². The third-order valence-corrected chi connectivity index (χ3v) is 9.03. The van der Waals surface area contributed by atoms with Crippen molar-refractivity contribution in [3.63, 3.8) is 0 Å². The maximum Gasteiger partial charge on any atom is 0.272 e. The van der Waals surface area contributed by atoms with Crippen LogP contribution in [0.2, 0.25) is 5.02 Å². The molecule has 0 aliphatic heterocycles. The number of carbonyl (C=O) groups is 3. The fourth-order valence-corrected chi connectivity index (χ4v) is 6.08. The van der Waals surface area contributed by atoms with Gasteiger partial charge in [0.2, 0.25) is 5.91 Å². The minimum atomic E-state index is -0.613. The van der Waals surface area contributed by atoms with Gasteiger partial charge >= 0.3 is 0 Å². The lowest BCUT2D eigenvalue weighted by molar-refractivity contribution is -0.116. The molecule has 0 saturated heterocycles. The highest BCUT2D eigenvalue weighted by Crippen LogP contribution is 2.37. The van der Waals surface area contributed by atoms with Crippen LogP contribution >= 0.6 is 23.4 Å². The average Bonchev–Trinajstić information content (AvgIpc) is 3.12. The number of hydrogen-bond acceptors (Lipinski definition) is 6. The van der Waals surface area contributed by atoms with Crippen LogP contribution in [0.1, 0.15) is 32.3 Å². The van der Waals surface area contributed by atoms with E-state index in [0.717, 1.165) is 16.0 Å². The van der Waals surface area contributed by atoms with Crippen molar-refractivity contribution in [2.45, 2.75) is 17.1 Å². The maximum absolute atomic E-state index is 13.7. The smallest absolute Gasteiger partial charge is 0.272 e. The number of nitrogens with one attached hydrogen (secondary N) is 3. The summed E-state index contributed by atoms with van der Waals surface area (Å²) in [5.41, 5.74) is 3.79. The van der Waals surface area contributed by atoms with E-state index in [2.05, 4.69) is 16.0 Å². The molecule has 0 heterocycles. The molecule has 3 amide bonds. The summed E-state index contributed by atoms with van der Waals surface area (Å²) in [6.07, 6.45) is 1.56. The van der Waals surface area contributed by atoms with E-state index >= 15 is 0 Å². The van der Waals surface area contributed by atoms with Gasteiger partial charge in [0.1, 0.15) is 10.9 Å². The average molecular weight is 692 g/mol. The molecule has 0 aromatic heterocycles. The van der Waals surface area contributed by atoms with Gasteiger partial charge in [-0.2, -0.15) is 0 Å². The molecular formula is C39H34ClN3O5S. The van der Waals surface area contributed by atoms with Gasteiger partial charge in [0, 0.05) is 26.9 Å². The zero-order chi connectivity index (χ0) is 34.8. The third kappa shape index (κ3) is 9.31. The highest BCUT2D eigenvalue weighted by atomic mass is 35.5. The largest absolute Gasteiger partial charge is 0.493 e. The number of thioether (sulfide) groups is 1. The summed E-state index contributed by atoms with van der Waals surface area (Å²) in [7, 11) is 3.05. The molecule has 0 spiro atoms. The first-order valence-electron chi connectivity index (χ1n) is 15.2. The van der Waals surface area contributed by atoms with Gasteiger partial charge in [0.25, 0.3) is 11.8 Å². The molecule has 248 valence electrons. The first-order chi connectivity index (χ1) is 23.7. The molecule has 49 heavy (non-hydrogen) atoms. The molecule has 3 N–H and O–H groups in total. The maximum atomic E-state index is 13.7. The topological polar surface area (TPSA) is 106 Å². The number of anilines is 2. The first-order valence-corrected chi connectivity index (χ1v) is 16.5. The number of aryl methyl sites for hydroxylation is 1. The number of amides is 3. The summed E-state index contributed by atoms with van der Waals surface area (Å²) >= 11 is 7.64. The van der Waals surface area contributed by atoms with E-state index in [0.29, 0.717) is 39.0 Å². The molecule has 0 saturated carbocycles. The zero-order valence-corrected chi connectivity index (χ0v) is 28.6. The molecule has 1 unspecified atom stereocenters. The molecule has 5 aromatic rings. The first kappa shape index (κ1) is 34.8. The molecule has 1 atom stereocenters. The van der Waals surface area contributed by atoms with Gasteiger partial charge < -0.3 is 25.4 Å². The number of ether oxygens (including phenoxy) is 2. The predicted octanol–water partition coefficient (Wildman–Crippen LogP) is 8.55. The molecule has 5 rings (SSSR count). The predicted molar refractivity (Wildman–Crippen MR) is 196 cm³/mol. The van der Waals surface area contributed by atoms with Crippen LogP contribution in [0.5, 0.6) is 11.5 Å². The van der Waals surface area contributed by atoms with Crippen molar-refractivity contribution in [1.82, 2.24) is 5.32 Å². The van der Waals surface area contributed by atoms with Crippen LogP contribution in [0.25, 0.3) is 6.08 Å². The molecule has 10 heteroatoms. The Balaban J connectivity index is 1.40. The van der Waals surface area contributed by atoms with Gasteiger partial charge in [0.05, 0.1) is 14.2 Å². The summed E-state index contributed by atoms with van der Waals surface area (Å²) in [4.78, 5) is 41.3. The Morgan fingerprint density at radius 1 is 0.735 bits per heavy atom. The number of carbonyl (C=O) groups excluding carboxylic acids is 3. The Morgan fingerprint density at radius 2 is 1.43 bits per heavy atom. The summed E-state index contributed by atoms with van der Waals surface area (Å²) in [6, 6.07) is 35.8. The molecule has 0 aliphatic rings. The van der Waals surface area contributed by atoms with Crippen LogP contribution < -0.4 is 25.4 Å². The lowest BCUT2D eigenvalue weighted by Crippen LogP contribution is -2.30. The van der Waals surface area contributed by atoms with E-state index in [1.165, 1.54) is 26.0 Å². The van der Waals surface area contributed by atoms with Crippen LogP contribution in [0.4, 0.5) is 11.4 Å². The second-order valence-corrected chi connectivity index (χ2v) is 12.4. The minimum absolute atomic E-state index is 0.0115. The summed E-state index contributed by atoms with van der Waals surface area (Å²) < 4.78 is 10.8. The van der Waals surface area contributed by atoms with Crippen molar-refractivity contribution in [3.05, 3.63) is 154 Å². The van der Waals surface area contributed by atoms with Crippen molar-refractivity contribution in [1.29, 1.82) is 0 Å². The van der Waals surface area contributed by atoms with Gasteiger partial charge in [-0.3, -0.25) is 14.4 Å². The second-order valence-electron chi connectivity index (χ2n) is 10.8. The van der Waals surface area contributed by atoms with Crippen molar-refractivity contribution >= 4 is 58.5 Å². The molecule has 0 bridgehead atoms. The van der Waals surface area contributed by atoms with E-state index in [1.807, 2.05) is 55.5 Å². The van der Waals surface area contributed by atoms with Crippen molar-refractivity contribution in [2.24, 2.45) is 0 Å². The van der Waals surface area contributed by atoms with Crippen LogP contribution in [-0.2, 0) is 9.59 Å². The molecule has 8 nitrogen and oxygen atoms in total. The summed E-state index contributed by atoms with van der Waals surface area (Å²) in [5.74, 6) is -0.224. The van der Waals surface area contributed by atoms with E-state index in [1.54, 1.807) is 78.9 Å². The fourth-order valence-electron chi connectivity index (χ4n) is 4.81. The summed E-state index contributed by atoms with van der Waals surface area (Å²) in [5, 5.41) is 8.58. The van der Waals surface area contributed by atoms with E-state index in [9.17, 15) is 14.4 Å². The standard InChI is InChI=1S/C39H34ClN3O5S/c1-25-17-19-30(24-32(25)40)42-39(46)36(27-11-6-4-7-12-27)49-31-16-10-15-29(23-31)41-38(45)33(43-37(44)28-13-8-5-9-14-28)21-26-18-20-34(47-2)35(22-26)48-3/h4-24,36H,1-3H3,(H,41,45)(H,42,46)(H,43,44)/b33-21+.